The average Bonchev–Trinajstić information content (AvgIpc) is 2.80. The molecule has 0 aromatic heterocycles. The first kappa shape index (κ1) is 24.7. The van der Waals surface area contributed by atoms with Gasteiger partial charge in [0.1, 0.15) is 23.0 Å². The van der Waals surface area contributed by atoms with Crippen molar-refractivity contribution >= 4 is 0 Å². The Morgan fingerprint density at radius 1 is 0.382 bits per heavy atom. The van der Waals surface area contributed by atoms with Gasteiger partial charge < -0.3 is 20.4 Å². The molecule has 4 rings (SSSR count). The van der Waals surface area contributed by atoms with Crippen LogP contribution in [0, 0.1) is 0 Å². The lowest BCUT2D eigenvalue weighted by Crippen LogP contribution is -2.18. The number of phenolic OH excluding ortho intramolecular Hbond substituents is 4. The van der Waals surface area contributed by atoms with Crippen molar-refractivity contribution in [1.82, 2.24) is 0 Å². The van der Waals surface area contributed by atoms with Crippen molar-refractivity contribution in [2.45, 2.75) is 38.5 Å². The molecule has 0 aliphatic rings. The van der Waals surface area contributed by atoms with E-state index in [4.69, 9.17) is 0 Å². The van der Waals surface area contributed by atoms with Gasteiger partial charge in [0.15, 0.2) is 0 Å². The second-order valence-corrected chi connectivity index (χ2v) is 9.44. The third-order valence-corrected chi connectivity index (χ3v) is 6.31. The van der Waals surface area contributed by atoms with Crippen LogP contribution in [0.5, 0.6) is 23.0 Å². The maximum Gasteiger partial charge on any atom is 0.115 e. The fraction of sp³-hybridized carbons (Fsp3) is 0.200. The first-order valence-electron chi connectivity index (χ1n) is 11.2. The molecule has 0 spiro atoms. The molecule has 0 fully saturated rings. The van der Waals surface area contributed by atoms with Crippen molar-refractivity contribution in [3.63, 3.8) is 0 Å². The van der Waals surface area contributed by atoms with E-state index < -0.39 is 0 Å². The van der Waals surface area contributed by atoms with Gasteiger partial charge in [-0.15, -0.1) is 0 Å². The van der Waals surface area contributed by atoms with Crippen LogP contribution in [-0.2, 0) is 10.8 Å². The van der Waals surface area contributed by atoms with E-state index in [-0.39, 0.29) is 33.8 Å². The van der Waals surface area contributed by atoms with E-state index in [1.54, 1.807) is 48.5 Å². The van der Waals surface area contributed by atoms with E-state index >= 15 is 0 Å². The Kier molecular flexibility index (Phi) is 7.21. The molecule has 4 N–H and O–H groups in total. The molecule has 4 heteroatoms. The highest BCUT2D eigenvalue weighted by atomic mass is 16.3. The van der Waals surface area contributed by atoms with E-state index in [9.17, 15) is 20.4 Å². The van der Waals surface area contributed by atoms with Gasteiger partial charge in [0.25, 0.3) is 0 Å². The van der Waals surface area contributed by atoms with Gasteiger partial charge >= 0.3 is 0 Å². The monoisotopic (exact) mass is 456 g/mol. The van der Waals surface area contributed by atoms with Gasteiger partial charge in [0, 0.05) is 10.8 Å². The predicted octanol–water partition coefficient (Wildman–Crippen LogP) is 6.85. The fourth-order valence-electron chi connectivity index (χ4n) is 3.88. The lowest BCUT2D eigenvalue weighted by atomic mass is 9.78. The molecule has 4 aromatic carbocycles. The zero-order valence-electron chi connectivity index (χ0n) is 20.0. The molecule has 0 saturated heterocycles. The number of hydrogen-bond acceptors (Lipinski definition) is 4. The summed E-state index contributed by atoms with van der Waals surface area (Å²) in [4.78, 5) is 0. The first-order chi connectivity index (χ1) is 16.0. The van der Waals surface area contributed by atoms with Crippen LogP contribution in [-0.4, -0.2) is 20.4 Å². The second kappa shape index (κ2) is 9.92. The molecule has 0 heterocycles. The van der Waals surface area contributed by atoms with Gasteiger partial charge in [0.2, 0.25) is 0 Å². The van der Waals surface area contributed by atoms with Crippen LogP contribution >= 0.6 is 0 Å². The van der Waals surface area contributed by atoms with Gasteiger partial charge in [-0.1, -0.05) is 76.2 Å². The molecule has 0 aliphatic heterocycles. The van der Waals surface area contributed by atoms with E-state index in [0.717, 1.165) is 22.3 Å². The highest BCUT2D eigenvalue weighted by Crippen LogP contribution is 2.34. The van der Waals surface area contributed by atoms with E-state index in [1.165, 1.54) is 0 Å². The molecule has 0 saturated carbocycles. The predicted molar refractivity (Wildman–Crippen MR) is 137 cm³/mol. The maximum absolute atomic E-state index is 9.53. The lowest BCUT2D eigenvalue weighted by molar-refractivity contribution is 0.469. The van der Waals surface area contributed by atoms with Crippen LogP contribution < -0.4 is 0 Å². The molecule has 176 valence electrons. The van der Waals surface area contributed by atoms with E-state index in [0.29, 0.717) is 0 Å². The van der Waals surface area contributed by atoms with Gasteiger partial charge in [-0.05, 0) is 70.8 Å². The number of rotatable bonds is 4. The summed E-state index contributed by atoms with van der Waals surface area (Å²) in [5, 5.41) is 37.6. The topological polar surface area (TPSA) is 80.9 Å². The van der Waals surface area contributed by atoms with Gasteiger partial charge in [-0.2, -0.15) is 0 Å². The minimum Gasteiger partial charge on any atom is -0.508 e. The normalized spacial score (nSPS) is 11.4. The Labute approximate surface area is 201 Å². The molecular formula is C30H32O4. The first-order valence-corrected chi connectivity index (χ1v) is 11.2. The van der Waals surface area contributed by atoms with Crippen LogP contribution in [0.25, 0.3) is 0 Å². The second-order valence-electron chi connectivity index (χ2n) is 9.44. The van der Waals surface area contributed by atoms with Gasteiger partial charge in [0.05, 0.1) is 0 Å². The van der Waals surface area contributed by atoms with Gasteiger partial charge in [-0.25, -0.2) is 0 Å². The summed E-state index contributed by atoms with van der Waals surface area (Å²) in [5.41, 5.74) is 3.88. The number of benzene rings is 4. The molecule has 4 aromatic rings. The van der Waals surface area contributed by atoms with Crippen LogP contribution in [0.1, 0.15) is 49.9 Å². The van der Waals surface area contributed by atoms with Crippen molar-refractivity contribution in [3.8, 4) is 23.0 Å². The number of hydrogen-bond donors (Lipinski definition) is 4. The molecule has 0 radical (unpaired) electrons. The van der Waals surface area contributed by atoms with E-state index in [1.807, 2.05) is 48.5 Å². The quantitative estimate of drug-likeness (QED) is 0.271. The molecule has 0 atom stereocenters. The zero-order chi connectivity index (χ0) is 24.9. The summed E-state index contributed by atoms with van der Waals surface area (Å²) in [6, 6.07) is 28.9. The minimum atomic E-state index is -0.252. The Bertz CT molecular complexity index is 1130. The third-order valence-electron chi connectivity index (χ3n) is 6.31. The highest BCUT2D eigenvalue weighted by Gasteiger charge is 2.24. The van der Waals surface area contributed by atoms with Crippen molar-refractivity contribution in [1.29, 1.82) is 0 Å². The van der Waals surface area contributed by atoms with Crippen LogP contribution in [0.4, 0.5) is 0 Å². The minimum absolute atomic E-state index is 0.151. The van der Waals surface area contributed by atoms with Crippen molar-refractivity contribution in [3.05, 3.63) is 119 Å². The summed E-state index contributed by atoms with van der Waals surface area (Å²) in [6.45, 7) is 8.37. The van der Waals surface area contributed by atoms with Crippen molar-refractivity contribution < 1.29 is 20.4 Å². The number of phenols is 4. The lowest BCUT2D eigenvalue weighted by Gasteiger charge is -2.26. The average molecular weight is 457 g/mol. The maximum atomic E-state index is 9.53. The fourth-order valence-corrected chi connectivity index (χ4v) is 3.88. The summed E-state index contributed by atoms with van der Waals surface area (Å²) >= 11 is 0. The highest BCUT2D eigenvalue weighted by molar-refractivity contribution is 5.43. The standard InChI is InChI=1S/2C15H16O2/c1-15(2,11-3-7-13(16)8-4-11)12-5-9-14(17)10-6-12;1-15(2,11-5-3-7-13(16)9-11)12-6-4-8-14(17)10-12/h2*3-10,16-17H,1-2H3. The summed E-state index contributed by atoms with van der Waals surface area (Å²) < 4.78 is 0. The Balaban J connectivity index is 0.000000191. The molecule has 0 unspecified atom stereocenters. The molecular weight excluding hydrogens is 424 g/mol. The smallest absolute Gasteiger partial charge is 0.115 e. The molecule has 0 aliphatic carbocycles. The van der Waals surface area contributed by atoms with Crippen molar-refractivity contribution in [2.24, 2.45) is 0 Å². The summed E-state index contributed by atoms with van der Waals surface area (Å²) in [5.74, 6) is 1.07. The Morgan fingerprint density at radius 3 is 1.03 bits per heavy atom. The molecule has 0 amide bonds. The third kappa shape index (κ3) is 5.70. The number of aromatic hydroxyl groups is 4. The summed E-state index contributed by atoms with van der Waals surface area (Å²) in [6.07, 6.45) is 0. The zero-order valence-corrected chi connectivity index (χ0v) is 20.0. The Hall–Kier alpha value is -3.92. The largest absolute Gasteiger partial charge is 0.508 e. The summed E-state index contributed by atoms with van der Waals surface area (Å²) in [7, 11) is 0. The van der Waals surface area contributed by atoms with Crippen LogP contribution in [0.2, 0.25) is 0 Å². The van der Waals surface area contributed by atoms with Crippen LogP contribution in [0.15, 0.2) is 97.1 Å². The Morgan fingerprint density at radius 2 is 0.706 bits per heavy atom. The molecule has 34 heavy (non-hydrogen) atoms. The van der Waals surface area contributed by atoms with E-state index in [2.05, 4.69) is 27.7 Å². The van der Waals surface area contributed by atoms with Crippen molar-refractivity contribution in [2.75, 3.05) is 0 Å². The van der Waals surface area contributed by atoms with Gasteiger partial charge in [-0.3, -0.25) is 0 Å². The molecule has 0 bridgehead atoms. The van der Waals surface area contributed by atoms with Crippen LogP contribution in [0.3, 0.4) is 0 Å². The SMILES string of the molecule is CC(C)(c1ccc(O)cc1)c1ccc(O)cc1.CC(C)(c1cccc(O)c1)c1cccc(O)c1. The molecule has 4 nitrogen and oxygen atoms in total.